The summed E-state index contributed by atoms with van der Waals surface area (Å²) in [6, 6.07) is 2.35. The van der Waals surface area contributed by atoms with Crippen LogP contribution < -0.4 is 10.1 Å². The highest BCUT2D eigenvalue weighted by Crippen LogP contribution is 2.36. The van der Waals surface area contributed by atoms with Gasteiger partial charge in [-0.2, -0.15) is 0 Å². The Morgan fingerprint density at radius 3 is 2.56 bits per heavy atom. The number of hydrogen-bond donors (Lipinski definition) is 1. The van der Waals surface area contributed by atoms with Crippen LogP contribution in [0.15, 0.2) is 12.1 Å². The van der Waals surface area contributed by atoms with Gasteiger partial charge >= 0.3 is 0 Å². The van der Waals surface area contributed by atoms with Crippen LogP contribution in [0.5, 0.6) is 5.75 Å². The minimum atomic E-state index is -2.70. The Morgan fingerprint density at radius 2 is 2.12 bits per heavy atom. The van der Waals surface area contributed by atoms with E-state index >= 15 is 0 Å². The molecular formula is C10H10ClF2NO2. The number of carbonyl (C=O) groups excluding carboxylic acids is 1. The monoisotopic (exact) mass is 249 g/mol. The largest absolute Gasteiger partial charge is 0.495 e. The van der Waals surface area contributed by atoms with Gasteiger partial charge in [0.2, 0.25) is 5.91 Å². The topological polar surface area (TPSA) is 38.3 Å². The number of rotatable bonds is 3. The molecule has 0 aliphatic heterocycles. The molecule has 1 amide bonds. The third-order valence-electron chi connectivity index (χ3n) is 1.86. The van der Waals surface area contributed by atoms with Crippen LogP contribution >= 0.6 is 11.6 Å². The number of anilines is 1. The van der Waals surface area contributed by atoms with Crippen molar-refractivity contribution in [3.8, 4) is 5.75 Å². The third kappa shape index (κ3) is 2.82. The number of carbonyl (C=O) groups is 1. The summed E-state index contributed by atoms with van der Waals surface area (Å²) in [5.41, 5.74) is -0.166. The quantitative estimate of drug-likeness (QED) is 0.893. The van der Waals surface area contributed by atoms with Crippen molar-refractivity contribution < 1.29 is 18.3 Å². The van der Waals surface area contributed by atoms with Gasteiger partial charge in [-0.05, 0) is 6.07 Å². The summed E-state index contributed by atoms with van der Waals surface area (Å²) in [4.78, 5) is 10.9. The van der Waals surface area contributed by atoms with Crippen LogP contribution in [0.3, 0.4) is 0 Å². The lowest BCUT2D eigenvalue weighted by Gasteiger charge is -2.12. The molecule has 6 heteroatoms. The lowest BCUT2D eigenvalue weighted by Crippen LogP contribution is -2.08. The van der Waals surface area contributed by atoms with Crippen LogP contribution in [-0.4, -0.2) is 13.0 Å². The van der Waals surface area contributed by atoms with Crippen molar-refractivity contribution in [3.63, 3.8) is 0 Å². The molecule has 1 aromatic rings. The minimum absolute atomic E-state index is 0.0963. The fourth-order valence-electron chi connectivity index (χ4n) is 1.20. The van der Waals surface area contributed by atoms with Gasteiger partial charge in [-0.25, -0.2) is 8.78 Å². The summed E-state index contributed by atoms with van der Waals surface area (Å²) < 4.78 is 30.0. The Labute approximate surface area is 96.4 Å². The maximum atomic E-state index is 12.5. The summed E-state index contributed by atoms with van der Waals surface area (Å²) in [5.74, 6) is -0.134. The molecule has 1 aromatic carbocycles. The van der Waals surface area contributed by atoms with Crippen molar-refractivity contribution in [2.24, 2.45) is 0 Å². The predicted octanol–water partition coefficient (Wildman–Crippen LogP) is 3.24. The second-order valence-corrected chi connectivity index (χ2v) is 3.46. The zero-order chi connectivity index (χ0) is 12.3. The number of alkyl halides is 2. The first-order valence-corrected chi connectivity index (χ1v) is 4.76. The molecule has 0 saturated carbocycles. The molecule has 1 rings (SSSR count). The van der Waals surface area contributed by atoms with E-state index in [-0.39, 0.29) is 27.9 Å². The number of benzene rings is 1. The average molecular weight is 250 g/mol. The van der Waals surface area contributed by atoms with E-state index in [9.17, 15) is 13.6 Å². The van der Waals surface area contributed by atoms with Crippen molar-refractivity contribution in [2.75, 3.05) is 12.4 Å². The number of halogens is 3. The second-order valence-electron chi connectivity index (χ2n) is 3.06. The van der Waals surface area contributed by atoms with E-state index < -0.39 is 6.43 Å². The molecule has 0 bridgehead atoms. The Morgan fingerprint density at radius 1 is 1.50 bits per heavy atom. The highest BCUT2D eigenvalue weighted by atomic mass is 35.5. The van der Waals surface area contributed by atoms with Crippen molar-refractivity contribution >= 4 is 23.2 Å². The van der Waals surface area contributed by atoms with Gasteiger partial charge in [-0.3, -0.25) is 4.79 Å². The van der Waals surface area contributed by atoms with E-state index in [2.05, 4.69) is 5.32 Å². The van der Waals surface area contributed by atoms with E-state index in [0.29, 0.717) is 0 Å². The van der Waals surface area contributed by atoms with Gasteiger partial charge in [0.25, 0.3) is 6.43 Å². The summed E-state index contributed by atoms with van der Waals surface area (Å²) in [6.45, 7) is 1.27. The number of methoxy groups -OCH3 is 1. The molecule has 0 saturated heterocycles. The molecule has 0 atom stereocenters. The summed E-state index contributed by atoms with van der Waals surface area (Å²) >= 11 is 5.64. The summed E-state index contributed by atoms with van der Waals surface area (Å²) in [7, 11) is 1.36. The molecule has 88 valence electrons. The Kier molecular flexibility index (Phi) is 4.06. The fraction of sp³-hybridized carbons (Fsp3) is 0.300. The average Bonchev–Trinajstić information content (AvgIpc) is 2.18. The van der Waals surface area contributed by atoms with E-state index in [1.54, 1.807) is 0 Å². The Bertz CT molecular complexity index is 410. The summed E-state index contributed by atoms with van der Waals surface area (Å²) in [5, 5.41) is 2.29. The minimum Gasteiger partial charge on any atom is -0.495 e. The van der Waals surface area contributed by atoms with E-state index in [1.807, 2.05) is 0 Å². The van der Waals surface area contributed by atoms with Gasteiger partial charge in [-0.15, -0.1) is 0 Å². The molecule has 1 N–H and O–H groups in total. The number of ether oxygens (including phenoxy) is 1. The number of hydrogen-bond acceptors (Lipinski definition) is 2. The van der Waals surface area contributed by atoms with Crippen molar-refractivity contribution in [1.29, 1.82) is 0 Å². The second kappa shape index (κ2) is 5.12. The standard InChI is InChI=1S/C10H10ClF2NO2/c1-5(15)14-8-3-6(10(12)13)7(11)4-9(8)16-2/h3-4,10H,1-2H3,(H,14,15). The first kappa shape index (κ1) is 12.7. The highest BCUT2D eigenvalue weighted by Gasteiger charge is 2.16. The van der Waals surface area contributed by atoms with Crippen LogP contribution in [0.25, 0.3) is 0 Å². The smallest absolute Gasteiger partial charge is 0.265 e. The first-order chi connectivity index (χ1) is 7.45. The van der Waals surface area contributed by atoms with Gasteiger partial charge in [0.1, 0.15) is 5.75 Å². The third-order valence-corrected chi connectivity index (χ3v) is 2.19. The number of amides is 1. The highest BCUT2D eigenvalue weighted by molar-refractivity contribution is 6.31. The van der Waals surface area contributed by atoms with Crippen molar-refractivity contribution in [1.82, 2.24) is 0 Å². The molecule has 0 aliphatic carbocycles. The van der Waals surface area contributed by atoms with Gasteiger partial charge in [0.05, 0.1) is 17.8 Å². The molecule has 0 radical (unpaired) electrons. The van der Waals surface area contributed by atoms with E-state index in [4.69, 9.17) is 16.3 Å². The van der Waals surface area contributed by atoms with Gasteiger partial charge in [-0.1, -0.05) is 11.6 Å². The van der Waals surface area contributed by atoms with Gasteiger partial charge in [0, 0.05) is 18.6 Å². The van der Waals surface area contributed by atoms with E-state index in [0.717, 1.165) is 6.07 Å². The zero-order valence-electron chi connectivity index (χ0n) is 8.68. The van der Waals surface area contributed by atoms with Crippen LogP contribution in [-0.2, 0) is 4.79 Å². The van der Waals surface area contributed by atoms with Crippen LogP contribution in [0.2, 0.25) is 5.02 Å². The first-order valence-electron chi connectivity index (χ1n) is 4.39. The SMILES string of the molecule is COc1cc(Cl)c(C(F)F)cc1NC(C)=O. The van der Waals surface area contributed by atoms with Crippen LogP contribution in [0.4, 0.5) is 14.5 Å². The Hall–Kier alpha value is -1.36. The normalized spacial score (nSPS) is 10.4. The zero-order valence-corrected chi connectivity index (χ0v) is 9.44. The molecule has 16 heavy (non-hydrogen) atoms. The maximum absolute atomic E-state index is 12.5. The predicted molar refractivity (Wildman–Crippen MR) is 57.3 cm³/mol. The van der Waals surface area contributed by atoms with Gasteiger partial charge < -0.3 is 10.1 Å². The van der Waals surface area contributed by atoms with Crippen molar-refractivity contribution in [3.05, 3.63) is 22.7 Å². The van der Waals surface area contributed by atoms with Crippen LogP contribution in [0, 0.1) is 0 Å². The van der Waals surface area contributed by atoms with E-state index in [1.165, 1.54) is 20.1 Å². The lowest BCUT2D eigenvalue weighted by atomic mass is 10.2. The molecular weight excluding hydrogens is 240 g/mol. The number of nitrogens with one attached hydrogen (secondary N) is 1. The van der Waals surface area contributed by atoms with Gasteiger partial charge in [0.15, 0.2) is 0 Å². The molecule has 0 aromatic heterocycles. The van der Waals surface area contributed by atoms with Crippen molar-refractivity contribution in [2.45, 2.75) is 13.3 Å². The molecule has 0 spiro atoms. The van der Waals surface area contributed by atoms with Crippen LogP contribution in [0.1, 0.15) is 18.9 Å². The molecule has 0 unspecified atom stereocenters. The molecule has 0 heterocycles. The molecule has 0 fully saturated rings. The molecule has 0 aliphatic rings. The maximum Gasteiger partial charge on any atom is 0.265 e. The fourth-order valence-corrected chi connectivity index (χ4v) is 1.43. The Balaban J connectivity index is 3.22. The lowest BCUT2D eigenvalue weighted by molar-refractivity contribution is -0.114. The molecule has 3 nitrogen and oxygen atoms in total. The summed E-state index contributed by atoms with van der Waals surface area (Å²) in [6.07, 6.45) is -2.70.